The molecule has 1 aliphatic rings. The van der Waals surface area contributed by atoms with Crippen molar-refractivity contribution >= 4 is 0 Å². The molecule has 1 saturated heterocycles. The highest BCUT2D eigenvalue weighted by atomic mass is 16.5. The van der Waals surface area contributed by atoms with E-state index in [0.29, 0.717) is 6.04 Å². The highest BCUT2D eigenvalue weighted by Gasteiger charge is 2.18. The fraction of sp³-hybridized carbons (Fsp3) is 1.00. The van der Waals surface area contributed by atoms with Crippen molar-refractivity contribution in [1.82, 2.24) is 5.32 Å². The van der Waals surface area contributed by atoms with Crippen LogP contribution in [-0.4, -0.2) is 39.5 Å². The lowest BCUT2D eigenvalue weighted by Gasteiger charge is -2.27. The van der Waals surface area contributed by atoms with Crippen LogP contribution in [0.1, 0.15) is 32.6 Å². The van der Waals surface area contributed by atoms with Crippen LogP contribution in [0.4, 0.5) is 0 Å². The summed E-state index contributed by atoms with van der Waals surface area (Å²) in [6, 6.07) is 0.526. The lowest BCUT2D eigenvalue weighted by molar-refractivity contribution is 0.0550. The van der Waals surface area contributed by atoms with Gasteiger partial charge < -0.3 is 14.8 Å². The quantitative estimate of drug-likeness (QED) is 0.702. The van der Waals surface area contributed by atoms with Crippen LogP contribution in [0, 0.1) is 5.92 Å². The largest absolute Gasteiger partial charge is 0.383 e. The van der Waals surface area contributed by atoms with Crippen molar-refractivity contribution in [3.63, 3.8) is 0 Å². The van der Waals surface area contributed by atoms with Gasteiger partial charge in [-0.3, -0.25) is 0 Å². The maximum absolute atomic E-state index is 5.37. The standard InChI is InChI=1S/C12H25NO2/c1-3-6-13-12(10-14-2)9-11-4-7-15-8-5-11/h11-13H,3-10H2,1-2H3. The molecule has 1 unspecified atom stereocenters. The van der Waals surface area contributed by atoms with E-state index in [1.165, 1.54) is 25.7 Å². The number of hydrogen-bond donors (Lipinski definition) is 1. The molecule has 0 saturated carbocycles. The molecule has 0 aliphatic carbocycles. The molecule has 1 aliphatic heterocycles. The zero-order chi connectivity index (χ0) is 10.9. The SMILES string of the molecule is CCCNC(COC)CC1CCOCC1. The summed E-state index contributed by atoms with van der Waals surface area (Å²) in [6.07, 6.45) is 4.85. The number of nitrogens with one attached hydrogen (secondary N) is 1. The topological polar surface area (TPSA) is 30.5 Å². The van der Waals surface area contributed by atoms with E-state index in [-0.39, 0.29) is 0 Å². The first-order chi connectivity index (χ1) is 7.36. The molecule has 0 aromatic rings. The smallest absolute Gasteiger partial charge is 0.0615 e. The molecule has 1 fully saturated rings. The molecule has 3 nitrogen and oxygen atoms in total. The third kappa shape index (κ3) is 5.50. The Bertz CT molecular complexity index is 147. The zero-order valence-corrected chi connectivity index (χ0v) is 10.1. The van der Waals surface area contributed by atoms with Crippen molar-refractivity contribution in [3.05, 3.63) is 0 Å². The predicted molar refractivity (Wildman–Crippen MR) is 62.1 cm³/mol. The molecule has 0 aromatic carbocycles. The Morgan fingerprint density at radius 1 is 1.40 bits per heavy atom. The molecule has 0 aromatic heterocycles. The van der Waals surface area contributed by atoms with E-state index in [1.54, 1.807) is 7.11 Å². The second-order valence-corrected chi connectivity index (χ2v) is 4.40. The van der Waals surface area contributed by atoms with Crippen molar-refractivity contribution in [2.45, 2.75) is 38.6 Å². The minimum absolute atomic E-state index is 0.526. The Hall–Kier alpha value is -0.120. The third-order valence-electron chi connectivity index (χ3n) is 3.01. The van der Waals surface area contributed by atoms with Gasteiger partial charge in [0.15, 0.2) is 0 Å². The number of rotatable bonds is 7. The molecular weight excluding hydrogens is 190 g/mol. The highest BCUT2D eigenvalue weighted by Crippen LogP contribution is 2.20. The molecule has 1 N–H and O–H groups in total. The van der Waals surface area contributed by atoms with Gasteiger partial charge in [0.25, 0.3) is 0 Å². The molecule has 0 bridgehead atoms. The van der Waals surface area contributed by atoms with Crippen molar-refractivity contribution in [2.75, 3.05) is 33.5 Å². The number of ether oxygens (including phenoxy) is 2. The fourth-order valence-electron chi connectivity index (χ4n) is 2.14. The third-order valence-corrected chi connectivity index (χ3v) is 3.01. The van der Waals surface area contributed by atoms with Crippen molar-refractivity contribution in [2.24, 2.45) is 5.92 Å². The average molecular weight is 215 g/mol. The van der Waals surface area contributed by atoms with E-state index < -0.39 is 0 Å². The molecule has 90 valence electrons. The first kappa shape index (κ1) is 12.9. The number of hydrogen-bond acceptors (Lipinski definition) is 3. The van der Waals surface area contributed by atoms with Crippen molar-refractivity contribution in [3.8, 4) is 0 Å². The minimum Gasteiger partial charge on any atom is -0.383 e. The van der Waals surface area contributed by atoms with Crippen LogP contribution in [0.25, 0.3) is 0 Å². The van der Waals surface area contributed by atoms with Crippen LogP contribution in [0.5, 0.6) is 0 Å². The van der Waals surface area contributed by atoms with E-state index in [9.17, 15) is 0 Å². The van der Waals surface area contributed by atoms with Crippen LogP contribution in [0.15, 0.2) is 0 Å². The van der Waals surface area contributed by atoms with Gasteiger partial charge >= 0.3 is 0 Å². The Balaban J connectivity index is 2.21. The summed E-state index contributed by atoms with van der Waals surface area (Å²) in [5.74, 6) is 0.822. The monoisotopic (exact) mass is 215 g/mol. The van der Waals surface area contributed by atoms with E-state index in [0.717, 1.165) is 32.3 Å². The Kier molecular flexibility index (Phi) is 6.98. The average Bonchev–Trinajstić information content (AvgIpc) is 2.28. The van der Waals surface area contributed by atoms with E-state index in [1.807, 2.05) is 0 Å². The fourth-order valence-corrected chi connectivity index (χ4v) is 2.14. The Morgan fingerprint density at radius 2 is 2.13 bits per heavy atom. The normalized spacial score (nSPS) is 20.4. The Morgan fingerprint density at radius 3 is 2.73 bits per heavy atom. The molecule has 1 rings (SSSR count). The summed E-state index contributed by atoms with van der Waals surface area (Å²) >= 11 is 0. The maximum atomic E-state index is 5.37. The highest BCUT2D eigenvalue weighted by molar-refractivity contribution is 4.73. The van der Waals surface area contributed by atoms with Gasteiger partial charge in [-0.1, -0.05) is 6.92 Å². The summed E-state index contributed by atoms with van der Waals surface area (Å²) in [5, 5.41) is 3.55. The summed E-state index contributed by atoms with van der Waals surface area (Å²) < 4.78 is 10.6. The van der Waals surface area contributed by atoms with E-state index in [2.05, 4.69) is 12.2 Å². The molecular formula is C12H25NO2. The molecule has 0 radical (unpaired) electrons. The summed E-state index contributed by atoms with van der Waals surface area (Å²) in [6.45, 7) is 6.01. The van der Waals surface area contributed by atoms with E-state index >= 15 is 0 Å². The molecule has 0 spiro atoms. The van der Waals surface area contributed by atoms with Crippen LogP contribution in [-0.2, 0) is 9.47 Å². The van der Waals surface area contributed by atoms with Crippen LogP contribution >= 0.6 is 0 Å². The minimum atomic E-state index is 0.526. The van der Waals surface area contributed by atoms with Crippen LogP contribution < -0.4 is 5.32 Å². The van der Waals surface area contributed by atoms with Crippen molar-refractivity contribution < 1.29 is 9.47 Å². The van der Waals surface area contributed by atoms with Gasteiger partial charge in [0.1, 0.15) is 0 Å². The zero-order valence-electron chi connectivity index (χ0n) is 10.1. The number of methoxy groups -OCH3 is 1. The lowest BCUT2D eigenvalue weighted by Crippen LogP contribution is -2.36. The first-order valence-electron chi connectivity index (χ1n) is 6.16. The van der Waals surface area contributed by atoms with Gasteiger partial charge in [-0.2, -0.15) is 0 Å². The molecule has 1 heterocycles. The van der Waals surface area contributed by atoms with Crippen LogP contribution in [0.3, 0.4) is 0 Å². The van der Waals surface area contributed by atoms with Gasteiger partial charge in [-0.25, -0.2) is 0 Å². The molecule has 0 amide bonds. The summed E-state index contributed by atoms with van der Waals surface area (Å²) in [5.41, 5.74) is 0. The van der Waals surface area contributed by atoms with Gasteiger partial charge in [0.05, 0.1) is 6.61 Å². The second-order valence-electron chi connectivity index (χ2n) is 4.40. The van der Waals surface area contributed by atoms with Gasteiger partial charge in [-0.05, 0) is 38.1 Å². The summed E-state index contributed by atoms with van der Waals surface area (Å²) in [7, 11) is 1.78. The second kappa shape index (κ2) is 8.08. The van der Waals surface area contributed by atoms with Crippen molar-refractivity contribution in [1.29, 1.82) is 0 Å². The molecule has 15 heavy (non-hydrogen) atoms. The Labute approximate surface area is 93.5 Å². The molecule has 1 atom stereocenters. The lowest BCUT2D eigenvalue weighted by atomic mass is 9.93. The maximum Gasteiger partial charge on any atom is 0.0615 e. The van der Waals surface area contributed by atoms with Gasteiger partial charge in [0.2, 0.25) is 0 Å². The van der Waals surface area contributed by atoms with Gasteiger partial charge in [0, 0.05) is 26.4 Å². The molecule has 3 heteroatoms. The summed E-state index contributed by atoms with van der Waals surface area (Å²) in [4.78, 5) is 0. The first-order valence-corrected chi connectivity index (χ1v) is 6.16. The van der Waals surface area contributed by atoms with Gasteiger partial charge in [-0.15, -0.1) is 0 Å². The predicted octanol–water partition coefficient (Wildman–Crippen LogP) is 1.82. The van der Waals surface area contributed by atoms with E-state index in [4.69, 9.17) is 9.47 Å². The van der Waals surface area contributed by atoms with Crippen LogP contribution in [0.2, 0.25) is 0 Å².